The maximum Gasteiger partial charge on any atom is 0.347 e. The number of nitrogens with zero attached hydrogens (tertiary/aromatic N) is 1. The fourth-order valence-electron chi connectivity index (χ4n) is 1.34. The highest BCUT2D eigenvalue weighted by Crippen LogP contribution is 2.26. The standard InChI is InChI=1S/C11H17NO3S/c1-6(2)9-10(11(13)14)16-8(12-9)5-7(3)15-4/h6-7H,5H2,1-4H3,(H,13,14). The summed E-state index contributed by atoms with van der Waals surface area (Å²) in [6.07, 6.45) is 0.724. The van der Waals surface area contributed by atoms with Gasteiger partial charge in [0.2, 0.25) is 0 Å². The second kappa shape index (κ2) is 5.41. The molecule has 0 aliphatic rings. The zero-order valence-corrected chi connectivity index (χ0v) is 10.8. The van der Waals surface area contributed by atoms with E-state index in [9.17, 15) is 4.79 Å². The average molecular weight is 243 g/mol. The van der Waals surface area contributed by atoms with E-state index in [1.54, 1.807) is 7.11 Å². The zero-order chi connectivity index (χ0) is 12.3. The fourth-order valence-corrected chi connectivity index (χ4v) is 2.51. The molecule has 90 valence electrons. The van der Waals surface area contributed by atoms with Crippen LogP contribution in [0.25, 0.3) is 0 Å². The van der Waals surface area contributed by atoms with Crippen molar-refractivity contribution in [2.75, 3.05) is 7.11 Å². The summed E-state index contributed by atoms with van der Waals surface area (Å²) in [5, 5.41) is 9.89. The Morgan fingerprint density at radius 2 is 2.12 bits per heavy atom. The molecular weight excluding hydrogens is 226 g/mol. The SMILES string of the molecule is COC(C)Cc1nc(C(C)C)c(C(=O)O)s1. The number of ether oxygens (including phenoxy) is 1. The topological polar surface area (TPSA) is 59.4 Å². The van der Waals surface area contributed by atoms with Gasteiger partial charge >= 0.3 is 5.97 Å². The largest absolute Gasteiger partial charge is 0.477 e. The molecule has 0 bridgehead atoms. The minimum Gasteiger partial charge on any atom is -0.477 e. The van der Waals surface area contributed by atoms with E-state index in [0.717, 1.165) is 5.01 Å². The molecule has 1 N–H and O–H groups in total. The normalized spacial score (nSPS) is 13.1. The molecule has 16 heavy (non-hydrogen) atoms. The Morgan fingerprint density at radius 3 is 2.50 bits per heavy atom. The van der Waals surface area contributed by atoms with Crippen LogP contribution >= 0.6 is 11.3 Å². The summed E-state index contributed by atoms with van der Waals surface area (Å²) >= 11 is 1.25. The number of rotatable bonds is 5. The number of carboxylic acids is 1. The van der Waals surface area contributed by atoms with Crippen molar-refractivity contribution in [1.29, 1.82) is 0 Å². The molecule has 1 atom stereocenters. The van der Waals surface area contributed by atoms with Crippen LogP contribution in [0.1, 0.15) is 47.1 Å². The van der Waals surface area contributed by atoms with Gasteiger partial charge in [-0.1, -0.05) is 13.8 Å². The van der Waals surface area contributed by atoms with Crippen LogP contribution in [0.3, 0.4) is 0 Å². The first kappa shape index (κ1) is 13.1. The average Bonchev–Trinajstić information content (AvgIpc) is 2.61. The van der Waals surface area contributed by atoms with Crippen molar-refractivity contribution in [3.05, 3.63) is 15.6 Å². The first-order valence-corrected chi connectivity index (χ1v) is 6.03. The molecule has 0 fully saturated rings. The quantitative estimate of drug-likeness (QED) is 0.863. The molecule has 0 aromatic carbocycles. The van der Waals surface area contributed by atoms with Crippen LogP contribution in [0.2, 0.25) is 0 Å². The van der Waals surface area contributed by atoms with Gasteiger partial charge in [-0.2, -0.15) is 0 Å². The van der Waals surface area contributed by atoms with Crippen molar-refractivity contribution in [1.82, 2.24) is 4.98 Å². The lowest BCUT2D eigenvalue weighted by molar-refractivity contribution is 0.0700. The van der Waals surface area contributed by atoms with E-state index in [2.05, 4.69) is 4.98 Å². The van der Waals surface area contributed by atoms with E-state index in [4.69, 9.17) is 9.84 Å². The number of aromatic carboxylic acids is 1. The predicted octanol–water partition coefficient (Wildman–Crippen LogP) is 2.54. The Labute approximate surface area is 99.3 Å². The van der Waals surface area contributed by atoms with Crippen LogP contribution in [0.15, 0.2) is 0 Å². The molecular formula is C11H17NO3S. The Morgan fingerprint density at radius 1 is 1.50 bits per heavy atom. The van der Waals surface area contributed by atoms with Gasteiger partial charge in [0.25, 0.3) is 0 Å². The second-order valence-electron chi connectivity index (χ2n) is 4.03. The van der Waals surface area contributed by atoms with Crippen molar-refractivity contribution in [3.63, 3.8) is 0 Å². The molecule has 0 aliphatic heterocycles. The minimum absolute atomic E-state index is 0.0628. The molecule has 1 aromatic heterocycles. The second-order valence-corrected chi connectivity index (χ2v) is 5.12. The van der Waals surface area contributed by atoms with Gasteiger partial charge in [0.15, 0.2) is 0 Å². The number of thiazole rings is 1. The summed E-state index contributed by atoms with van der Waals surface area (Å²) in [5.74, 6) is -0.758. The Balaban J connectivity index is 2.97. The first-order chi connectivity index (χ1) is 7.45. The summed E-state index contributed by atoms with van der Waals surface area (Å²) in [4.78, 5) is 15.8. The Hall–Kier alpha value is -0.940. The molecule has 1 unspecified atom stereocenters. The van der Waals surface area contributed by atoms with E-state index >= 15 is 0 Å². The third-order valence-electron chi connectivity index (χ3n) is 2.30. The van der Waals surface area contributed by atoms with Gasteiger partial charge in [-0.05, 0) is 12.8 Å². The molecule has 0 amide bonds. The third kappa shape index (κ3) is 3.02. The highest BCUT2D eigenvalue weighted by atomic mass is 32.1. The number of hydrogen-bond donors (Lipinski definition) is 1. The van der Waals surface area contributed by atoms with E-state index in [-0.39, 0.29) is 12.0 Å². The molecule has 0 aliphatic carbocycles. The Kier molecular flexibility index (Phi) is 4.44. The van der Waals surface area contributed by atoms with Crippen LogP contribution in [-0.2, 0) is 11.2 Å². The molecule has 0 saturated heterocycles. The van der Waals surface area contributed by atoms with Gasteiger partial charge in [0.05, 0.1) is 16.8 Å². The molecule has 0 saturated carbocycles. The number of carboxylic acid groups (broad SMARTS) is 1. The van der Waals surface area contributed by atoms with E-state index in [0.29, 0.717) is 17.0 Å². The summed E-state index contributed by atoms with van der Waals surface area (Å²) in [6.45, 7) is 5.84. The van der Waals surface area contributed by atoms with Crippen molar-refractivity contribution in [2.24, 2.45) is 0 Å². The summed E-state index contributed by atoms with van der Waals surface area (Å²) in [7, 11) is 1.64. The maximum absolute atomic E-state index is 11.0. The highest BCUT2D eigenvalue weighted by molar-refractivity contribution is 7.13. The van der Waals surface area contributed by atoms with Crippen LogP contribution in [0.5, 0.6) is 0 Å². The van der Waals surface area contributed by atoms with Crippen LogP contribution < -0.4 is 0 Å². The molecule has 4 nitrogen and oxygen atoms in total. The van der Waals surface area contributed by atoms with Gasteiger partial charge in [-0.25, -0.2) is 9.78 Å². The summed E-state index contributed by atoms with van der Waals surface area (Å²) in [5.41, 5.74) is 0.677. The van der Waals surface area contributed by atoms with Crippen LogP contribution in [-0.4, -0.2) is 29.3 Å². The molecule has 0 radical (unpaired) electrons. The van der Waals surface area contributed by atoms with E-state index in [1.807, 2.05) is 20.8 Å². The highest BCUT2D eigenvalue weighted by Gasteiger charge is 2.20. The van der Waals surface area contributed by atoms with Gasteiger partial charge in [0.1, 0.15) is 4.88 Å². The lowest BCUT2D eigenvalue weighted by atomic mass is 10.1. The minimum atomic E-state index is -0.891. The number of carbonyl (C=O) groups is 1. The molecule has 1 heterocycles. The Bertz CT molecular complexity index is 373. The number of hydrogen-bond acceptors (Lipinski definition) is 4. The molecule has 1 aromatic rings. The van der Waals surface area contributed by atoms with Crippen molar-refractivity contribution in [2.45, 2.75) is 39.2 Å². The molecule has 5 heteroatoms. The fraction of sp³-hybridized carbons (Fsp3) is 0.636. The smallest absolute Gasteiger partial charge is 0.347 e. The van der Waals surface area contributed by atoms with Gasteiger partial charge in [-0.15, -0.1) is 11.3 Å². The lowest BCUT2D eigenvalue weighted by Crippen LogP contribution is -2.08. The monoisotopic (exact) mass is 243 g/mol. The third-order valence-corrected chi connectivity index (χ3v) is 3.38. The summed E-state index contributed by atoms with van der Waals surface area (Å²) < 4.78 is 5.14. The summed E-state index contributed by atoms with van der Waals surface area (Å²) in [6, 6.07) is 0. The lowest BCUT2D eigenvalue weighted by Gasteiger charge is -2.05. The number of methoxy groups -OCH3 is 1. The molecule has 1 rings (SSSR count). The van der Waals surface area contributed by atoms with Gasteiger partial charge in [0, 0.05) is 13.5 Å². The zero-order valence-electron chi connectivity index (χ0n) is 9.98. The van der Waals surface area contributed by atoms with Crippen LogP contribution in [0, 0.1) is 0 Å². The predicted molar refractivity (Wildman–Crippen MR) is 63.3 cm³/mol. The van der Waals surface area contributed by atoms with E-state index in [1.165, 1.54) is 11.3 Å². The van der Waals surface area contributed by atoms with Crippen molar-refractivity contribution < 1.29 is 14.6 Å². The number of aromatic nitrogens is 1. The van der Waals surface area contributed by atoms with Crippen LogP contribution in [0.4, 0.5) is 0 Å². The van der Waals surface area contributed by atoms with E-state index < -0.39 is 5.97 Å². The van der Waals surface area contributed by atoms with Gasteiger partial charge in [-0.3, -0.25) is 0 Å². The molecule has 0 spiro atoms. The van der Waals surface area contributed by atoms with Gasteiger partial charge < -0.3 is 9.84 Å². The maximum atomic E-state index is 11.0. The van der Waals surface area contributed by atoms with Crippen molar-refractivity contribution >= 4 is 17.3 Å². The van der Waals surface area contributed by atoms with Crippen molar-refractivity contribution in [3.8, 4) is 0 Å². The first-order valence-electron chi connectivity index (χ1n) is 5.21.